The van der Waals surface area contributed by atoms with Gasteiger partial charge in [0.15, 0.2) is 0 Å². The molecule has 0 saturated heterocycles. The normalized spacial score (nSPS) is 10.0. The highest BCUT2D eigenvalue weighted by atomic mass is 16.5. The molecule has 0 aliphatic carbocycles. The van der Waals surface area contributed by atoms with Gasteiger partial charge in [-0.05, 0) is 56.3 Å². The predicted octanol–water partition coefficient (Wildman–Crippen LogP) is 4.05. The van der Waals surface area contributed by atoms with Crippen molar-refractivity contribution in [1.82, 2.24) is 9.97 Å². The van der Waals surface area contributed by atoms with E-state index in [4.69, 9.17) is 10.00 Å². The summed E-state index contributed by atoms with van der Waals surface area (Å²) in [5, 5.41) is 14.8. The zero-order valence-electron chi connectivity index (χ0n) is 15.6. The largest absolute Gasteiger partial charge is 0.492 e. The van der Waals surface area contributed by atoms with E-state index in [1.807, 2.05) is 19.1 Å². The maximum Gasteiger partial charge on any atom is 0.274 e. The summed E-state index contributed by atoms with van der Waals surface area (Å²) in [6, 6.07) is 17.8. The molecule has 1 aromatic heterocycles. The molecule has 0 atom stereocenters. The number of nitrogens with one attached hydrogen (secondary N) is 2. The van der Waals surface area contributed by atoms with Gasteiger partial charge in [-0.1, -0.05) is 12.1 Å². The smallest absolute Gasteiger partial charge is 0.274 e. The fourth-order valence-corrected chi connectivity index (χ4v) is 2.54. The van der Waals surface area contributed by atoms with E-state index in [-0.39, 0.29) is 11.6 Å². The molecule has 1 amide bonds. The van der Waals surface area contributed by atoms with Crippen LogP contribution in [0.25, 0.3) is 0 Å². The highest BCUT2D eigenvalue weighted by Gasteiger charge is 2.13. The van der Waals surface area contributed by atoms with Gasteiger partial charge in [0.2, 0.25) is 5.95 Å². The Kier molecular flexibility index (Phi) is 5.82. The van der Waals surface area contributed by atoms with E-state index in [1.165, 1.54) is 0 Å². The van der Waals surface area contributed by atoms with Crippen molar-refractivity contribution >= 4 is 23.2 Å². The third-order valence-corrected chi connectivity index (χ3v) is 3.79. The fraction of sp³-hybridized carbons (Fsp3) is 0.143. The first-order valence-corrected chi connectivity index (χ1v) is 8.75. The molecule has 0 fully saturated rings. The van der Waals surface area contributed by atoms with Crippen LogP contribution in [-0.4, -0.2) is 22.5 Å². The molecule has 2 aromatic carbocycles. The summed E-state index contributed by atoms with van der Waals surface area (Å²) in [5.41, 5.74) is 2.73. The standard InChI is InChI=1S/C21H19N5O2/c1-3-28-19-7-5-4-6-17(19)25-20(27)18-12-14(2)23-21(26-18)24-16-10-8-15(13-22)9-11-16/h4-12H,3H2,1-2H3,(H,25,27)(H,23,24,26). The summed E-state index contributed by atoms with van der Waals surface area (Å²) >= 11 is 0. The van der Waals surface area contributed by atoms with E-state index >= 15 is 0 Å². The van der Waals surface area contributed by atoms with Crippen molar-refractivity contribution in [3.05, 3.63) is 71.5 Å². The summed E-state index contributed by atoms with van der Waals surface area (Å²) < 4.78 is 5.54. The summed E-state index contributed by atoms with van der Waals surface area (Å²) in [6.07, 6.45) is 0. The van der Waals surface area contributed by atoms with Crippen molar-refractivity contribution in [2.45, 2.75) is 13.8 Å². The van der Waals surface area contributed by atoms with Gasteiger partial charge in [-0.2, -0.15) is 5.26 Å². The number of hydrogen-bond donors (Lipinski definition) is 2. The van der Waals surface area contributed by atoms with Gasteiger partial charge in [-0.15, -0.1) is 0 Å². The minimum absolute atomic E-state index is 0.231. The molecule has 7 nitrogen and oxygen atoms in total. The highest BCUT2D eigenvalue weighted by molar-refractivity contribution is 6.03. The van der Waals surface area contributed by atoms with Crippen LogP contribution in [0.3, 0.4) is 0 Å². The Bertz CT molecular complexity index is 1030. The second kappa shape index (κ2) is 8.64. The van der Waals surface area contributed by atoms with Gasteiger partial charge in [0, 0.05) is 11.4 Å². The minimum atomic E-state index is -0.361. The van der Waals surface area contributed by atoms with Gasteiger partial charge in [0.1, 0.15) is 11.4 Å². The van der Waals surface area contributed by atoms with Gasteiger partial charge in [0.25, 0.3) is 5.91 Å². The lowest BCUT2D eigenvalue weighted by Gasteiger charge is -2.12. The van der Waals surface area contributed by atoms with Crippen LogP contribution in [0.5, 0.6) is 5.75 Å². The number of carbonyl (C=O) groups excluding carboxylic acids is 1. The maximum absolute atomic E-state index is 12.7. The molecular formula is C21H19N5O2. The number of anilines is 3. The average Bonchev–Trinajstić information content (AvgIpc) is 2.70. The van der Waals surface area contributed by atoms with Crippen molar-refractivity contribution in [2.24, 2.45) is 0 Å². The average molecular weight is 373 g/mol. The zero-order chi connectivity index (χ0) is 19.9. The Hall–Kier alpha value is -3.92. The molecule has 3 aromatic rings. The third kappa shape index (κ3) is 4.62. The number of aromatic nitrogens is 2. The minimum Gasteiger partial charge on any atom is -0.492 e. The number of benzene rings is 2. The number of aryl methyl sites for hydroxylation is 1. The maximum atomic E-state index is 12.7. The van der Waals surface area contributed by atoms with Crippen molar-refractivity contribution in [2.75, 3.05) is 17.2 Å². The van der Waals surface area contributed by atoms with Crippen LogP contribution < -0.4 is 15.4 Å². The Morgan fingerprint density at radius 2 is 1.89 bits per heavy atom. The van der Waals surface area contributed by atoms with Gasteiger partial charge in [-0.25, -0.2) is 9.97 Å². The van der Waals surface area contributed by atoms with Crippen LogP contribution in [0.2, 0.25) is 0 Å². The number of ether oxygens (including phenoxy) is 1. The fourth-order valence-electron chi connectivity index (χ4n) is 2.54. The number of nitriles is 1. The number of nitrogens with zero attached hydrogens (tertiary/aromatic N) is 3. The first kappa shape index (κ1) is 18.9. The number of hydrogen-bond acceptors (Lipinski definition) is 6. The summed E-state index contributed by atoms with van der Waals surface area (Å²) in [4.78, 5) is 21.3. The van der Waals surface area contributed by atoms with Crippen molar-refractivity contribution in [1.29, 1.82) is 5.26 Å². The van der Waals surface area contributed by atoms with E-state index < -0.39 is 0 Å². The summed E-state index contributed by atoms with van der Waals surface area (Å²) in [6.45, 7) is 4.17. The molecule has 0 spiro atoms. The van der Waals surface area contributed by atoms with Crippen molar-refractivity contribution in [3.8, 4) is 11.8 Å². The molecule has 0 aliphatic heterocycles. The lowest BCUT2D eigenvalue weighted by molar-refractivity contribution is 0.102. The SMILES string of the molecule is CCOc1ccccc1NC(=O)c1cc(C)nc(Nc2ccc(C#N)cc2)n1. The van der Waals surface area contributed by atoms with Crippen molar-refractivity contribution in [3.63, 3.8) is 0 Å². The third-order valence-electron chi connectivity index (χ3n) is 3.79. The number of rotatable bonds is 6. The molecule has 28 heavy (non-hydrogen) atoms. The summed E-state index contributed by atoms with van der Waals surface area (Å²) in [5.74, 6) is 0.536. The zero-order valence-corrected chi connectivity index (χ0v) is 15.6. The van der Waals surface area contributed by atoms with Crippen molar-refractivity contribution < 1.29 is 9.53 Å². The molecule has 1 heterocycles. The number of carbonyl (C=O) groups is 1. The first-order valence-electron chi connectivity index (χ1n) is 8.75. The molecule has 3 rings (SSSR count). The quantitative estimate of drug-likeness (QED) is 0.676. The van der Waals surface area contributed by atoms with Gasteiger partial charge >= 0.3 is 0 Å². The summed E-state index contributed by atoms with van der Waals surface area (Å²) in [7, 11) is 0. The highest BCUT2D eigenvalue weighted by Crippen LogP contribution is 2.24. The lowest BCUT2D eigenvalue weighted by Crippen LogP contribution is -2.16. The molecular weight excluding hydrogens is 354 g/mol. The van der Waals surface area contributed by atoms with Gasteiger partial charge in [-0.3, -0.25) is 4.79 Å². The van der Waals surface area contributed by atoms with Gasteiger partial charge in [0.05, 0.1) is 23.9 Å². The predicted molar refractivity (Wildman–Crippen MR) is 107 cm³/mol. The van der Waals surface area contributed by atoms with Gasteiger partial charge < -0.3 is 15.4 Å². The second-order valence-corrected chi connectivity index (χ2v) is 5.92. The van der Waals surface area contributed by atoms with Crippen LogP contribution in [0, 0.1) is 18.3 Å². The van der Waals surface area contributed by atoms with Crippen LogP contribution in [-0.2, 0) is 0 Å². The topological polar surface area (TPSA) is 99.9 Å². The Balaban J connectivity index is 1.80. The second-order valence-electron chi connectivity index (χ2n) is 5.92. The van der Waals surface area contributed by atoms with Crippen LogP contribution in [0.15, 0.2) is 54.6 Å². The van der Waals surface area contributed by atoms with E-state index in [2.05, 4.69) is 26.7 Å². The Labute approximate surface area is 163 Å². The van der Waals surface area contributed by atoms with Crippen LogP contribution >= 0.6 is 0 Å². The molecule has 140 valence electrons. The molecule has 0 aliphatic rings. The Morgan fingerprint density at radius 3 is 2.61 bits per heavy atom. The first-order chi connectivity index (χ1) is 13.6. The molecule has 0 bridgehead atoms. The van der Waals surface area contributed by atoms with E-state index in [1.54, 1.807) is 49.4 Å². The molecule has 0 radical (unpaired) electrons. The van der Waals surface area contributed by atoms with Crippen LogP contribution in [0.1, 0.15) is 28.7 Å². The number of para-hydroxylation sites is 2. The molecule has 0 unspecified atom stereocenters. The number of amides is 1. The van der Waals surface area contributed by atoms with Crippen LogP contribution in [0.4, 0.5) is 17.3 Å². The van der Waals surface area contributed by atoms with E-state index in [0.29, 0.717) is 35.2 Å². The van der Waals surface area contributed by atoms with E-state index in [9.17, 15) is 4.79 Å². The lowest BCUT2D eigenvalue weighted by atomic mass is 10.2. The molecule has 7 heteroatoms. The molecule has 2 N–H and O–H groups in total. The van der Waals surface area contributed by atoms with E-state index in [0.717, 1.165) is 5.69 Å². The monoisotopic (exact) mass is 373 g/mol. The molecule has 0 saturated carbocycles. The Morgan fingerprint density at radius 1 is 1.14 bits per heavy atom.